The lowest BCUT2D eigenvalue weighted by molar-refractivity contribution is -0.0342. The van der Waals surface area contributed by atoms with Crippen molar-refractivity contribution in [3.05, 3.63) is 53.6 Å². The van der Waals surface area contributed by atoms with Crippen molar-refractivity contribution in [2.75, 3.05) is 26.2 Å². The van der Waals surface area contributed by atoms with Gasteiger partial charge >= 0.3 is 6.09 Å². The number of amides is 1. The van der Waals surface area contributed by atoms with E-state index in [1.165, 1.54) is 0 Å². The molecule has 6 nitrogen and oxygen atoms in total. The number of carbonyl (C=O) groups excluding carboxylic acids is 1. The standard InChI is InChI=1S/C24H25N3O3/c25-14-16-1-3-17(4-2-16)19-5-6-22-20(13-19)21(9-12-29-22)26-24(28)30-23-15-27-10-7-18(23)8-11-27/h1-6,13,18,21,23H,7-12,15H2,(H,26,28)/t21?,23-/m0/s1. The van der Waals surface area contributed by atoms with E-state index in [2.05, 4.69) is 22.4 Å². The molecule has 2 aromatic rings. The Morgan fingerprint density at radius 2 is 1.87 bits per heavy atom. The second-order valence-corrected chi connectivity index (χ2v) is 8.36. The molecule has 0 radical (unpaired) electrons. The molecule has 1 amide bonds. The number of hydrogen-bond donors (Lipinski definition) is 1. The molecule has 1 unspecified atom stereocenters. The highest BCUT2D eigenvalue weighted by Gasteiger charge is 2.37. The fourth-order valence-corrected chi connectivity index (χ4v) is 4.82. The van der Waals surface area contributed by atoms with Gasteiger partial charge < -0.3 is 14.8 Å². The van der Waals surface area contributed by atoms with Gasteiger partial charge in [-0.25, -0.2) is 4.79 Å². The van der Waals surface area contributed by atoms with E-state index in [1.807, 2.05) is 36.4 Å². The number of fused-ring (bicyclic) bond motifs is 4. The summed E-state index contributed by atoms with van der Waals surface area (Å²) in [6, 6.07) is 15.5. The molecule has 2 atom stereocenters. The van der Waals surface area contributed by atoms with E-state index in [0.29, 0.717) is 24.5 Å². The van der Waals surface area contributed by atoms with Gasteiger partial charge in [0.2, 0.25) is 0 Å². The third-order valence-corrected chi connectivity index (χ3v) is 6.54. The average Bonchev–Trinajstić information content (AvgIpc) is 2.80. The third-order valence-electron chi connectivity index (χ3n) is 6.54. The number of benzene rings is 2. The Morgan fingerprint density at radius 3 is 2.57 bits per heavy atom. The smallest absolute Gasteiger partial charge is 0.407 e. The zero-order chi connectivity index (χ0) is 20.5. The fourth-order valence-electron chi connectivity index (χ4n) is 4.82. The summed E-state index contributed by atoms with van der Waals surface area (Å²) >= 11 is 0. The fraction of sp³-hybridized carbons (Fsp3) is 0.417. The number of rotatable bonds is 3. The molecule has 0 spiro atoms. The van der Waals surface area contributed by atoms with E-state index < -0.39 is 0 Å². The van der Waals surface area contributed by atoms with Crippen LogP contribution in [0.3, 0.4) is 0 Å². The molecule has 4 aliphatic heterocycles. The van der Waals surface area contributed by atoms with Crippen LogP contribution >= 0.6 is 0 Å². The molecular weight excluding hydrogens is 378 g/mol. The Balaban J connectivity index is 1.31. The second-order valence-electron chi connectivity index (χ2n) is 8.36. The molecule has 154 valence electrons. The molecule has 4 heterocycles. The van der Waals surface area contributed by atoms with Gasteiger partial charge in [0, 0.05) is 18.5 Å². The largest absolute Gasteiger partial charge is 0.493 e. The lowest BCUT2D eigenvalue weighted by Crippen LogP contribution is -2.52. The van der Waals surface area contributed by atoms with E-state index in [1.54, 1.807) is 0 Å². The molecular formula is C24H25N3O3. The van der Waals surface area contributed by atoms with Gasteiger partial charge in [0.05, 0.1) is 24.3 Å². The van der Waals surface area contributed by atoms with Crippen LogP contribution in [0.2, 0.25) is 0 Å². The SMILES string of the molecule is N#Cc1ccc(-c2ccc3c(c2)C(NC(=O)O[C@H]2CN4CCC2CC4)CCO3)cc1. The predicted molar refractivity (Wildman–Crippen MR) is 112 cm³/mol. The Bertz CT molecular complexity index is 974. The van der Waals surface area contributed by atoms with Gasteiger partial charge in [-0.15, -0.1) is 0 Å². The van der Waals surface area contributed by atoms with Crippen LogP contribution in [-0.4, -0.2) is 43.3 Å². The molecule has 3 fully saturated rings. The number of ether oxygens (including phenoxy) is 2. The van der Waals surface area contributed by atoms with E-state index in [9.17, 15) is 4.79 Å². The van der Waals surface area contributed by atoms with Gasteiger partial charge in [0.25, 0.3) is 0 Å². The van der Waals surface area contributed by atoms with Crippen LogP contribution in [-0.2, 0) is 4.74 Å². The lowest BCUT2D eigenvalue weighted by atomic mass is 9.86. The summed E-state index contributed by atoms with van der Waals surface area (Å²) in [6.07, 6.45) is 2.60. The molecule has 2 aromatic carbocycles. The Labute approximate surface area is 176 Å². The summed E-state index contributed by atoms with van der Waals surface area (Å²) in [7, 11) is 0. The minimum absolute atomic E-state index is 0.00297. The van der Waals surface area contributed by atoms with Gasteiger partial charge in [0.1, 0.15) is 11.9 Å². The normalized spacial score (nSPS) is 26.8. The molecule has 1 N–H and O–H groups in total. The zero-order valence-corrected chi connectivity index (χ0v) is 16.8. The van der Waals surface area contributed by atoms with Crippen LogP contribution in [0.4, 0.5) is 4.79 Å². The topological polar surface area (TPSA) is 74.6 Å². The number of carbonyl (C=O) groups is 1. The van der Waals surface area contributed by atoms with Gasteiger partial charge in [0.15, 0.2) is 0 Å². The number of nitrogens with one attached hydrogen (secondary N) is 1. The number of alkyl carbamates (subject to hydrolysis) is 1. The summed E-state index contributed by atoms with van der Waals surface area (Å²) in [6.45, 7) is 3.66. The molecule has 0 aromatic heterocycles. The van der Waals surface area contributed by atoms with Crippen LogP contribution in [0.5, 0.6) is 5.75 Å². The summed E-state index contributed by atoms with van der Waals surface area (Å²) < 4.78 is 11.6. The predicted octanol–water partition coefficient (Wildman–Crippen LogP) is 3.87. The lowest BCUT2D eigenvalue weighted by Gasteiger charge is -2.44. The molecule has 2 bridgehead atoms. The monoisotopic (exact) mass is 403 g/mol. The van der Waals surface area contributed by atoms with Crippen LogP contribution in [0.25, 0.3) is 11.1 Å². The van der Waals surface area contributed by atoms with Gasteiger partial charge in [-0.1, -0.05) is 18.2 Å². The number of hydrogen-bond acceptors (Lipinski definition) is 5. The third kappa shape index (κ3) is 3.73. The van der Waals surface area contributed by atoms with Crippen molar-refractivity contribution in [1.29, 1.82) is 5.26 Å². The maximum atomic E-state index is 12.7. The van der Waals surface area contributed by atoms with E-state index in [4.69, 9.17) is 14.7 Å². The Hall–Kier alpha value is -3.04. The van der Waals surface area contributed by atoms with Crippen molar-refractivity contribution in [3.63, 3.8) is 0 Å². The minimum atomic E-state index is -0.338. The van der Waals surface area contributed by atoms with Crippen molar-refractivity contribution in [1.82, 2.24) is 10.2 Å². The van der Waals surface area contributed by atoms with Crippen molar-refractivity contribution >= 4 is 6.09 Å². The van der Waals surface area contributed by atoms with Crippen molar-refractivity contribution in [2.24, 2.45) is 5.92 Å². The summed E-state index contributed by atoms with van der Waals surface area (Å²) in [5, 5.41) is 12.1. The van der Waals surface area contributed by atoms with E-state index in [-0.39, 0.29) is 18.2 Å². The first-order valence-corrected chi connectivity index (χ1v) is 10.7. The Morgan fingerprint density at radius 1 is 1.10 bits per heavy atom. The molecule has 6 rings (SSSR count). The summed E-state index contributed by atoms with van der Waals surface area (Å²) in [5.74, 6) is 1.29. The molecule has 0 saturated carbocycles. The molecule has 6 heteroatoms. The number of piperidine rings is 3. The van der Waals surface area contributed by atoms with Crippen molar-refractivity contribution in [3.8, 4) is 22.9 Å². The Kier molecular flexibility index (Phi) is 5.06. The summed E-state index contributed by atoms with van der Waals surface area (Å²) in [5.41, 5.74) is 3.65. The van der Waals surface area contributed by atoms with Crippen LogP contribution < -0.4 is 10.1 Å². The second kappa shape index (κ2) is 8.00. The van der Waals surface area contributed by atoms with Gasteiger partial charge in [-0.3, -0.25) is 4.90 Å². The summed E-state index contributed by atoms with van der Waals surface area (Å²) in [4.78, 5) is 15.0. The average molecular weight is 403 g/mol. The van der Waals surface area contributed by atoms with E-state index >= 15 is 0 Å². The quantitative estimate of drug-likeness (QED) is 0.842. The van der Waals surface area contributed by atoms with Crippen LogP contribution in [0.15, 0.2) is 42.5 Å². The highest BCUT2D eigenvalue weighted by atomic mass is 16.6. The first-order valence-electron chi connectivity index (χ1n) is 10.7. The molecule has 0 aliphatic carbocycles. The molecule has 30 heavy (non-hydrogen) atoms. The maximum absolute atomic E-state index is 12.7. The maximum Gasteiger partial charge on any atom is 0.407 e. The molecule has 3 saturated heterocycles. The zero-order valence-electron chi connectivity index (χ0n) is 16.8. The number of nitrogens with zero attached hydrogens (tertiary/aromatic N) is 2. The van der Waals surface area contributed by atoms with Crippen molar-refractivity contribution in [2.45, 2.75) is 31.4 Å². The van der Waals surface area contributed by atoms with Gasteiger partial charge in [-0.2, -0.15) is 5.26 Å². The highest BCUT2D eigenvalue weighted by Crippen LogP contribution is 2.36. The number of nitriles is 1. The highest BCUT2D eigenvalue weighted by molar-refractivity contribution is 5.70. The van der Waals surface area contributed by atoms with E-state index in [0.717, 1.165) is 54.9 Å². The van der Waals surface area contributed by atoms with Crippen molar-refractivity contribution < 1.29 is 14.3 Å². The van der Waals surface area contributed by atoms with Gasteiger partial charge in [-0.05, 0) is 67.2 Å². The van der Waals surface area contributed by atoms with Crippen LogP contribution in [0.1, 0.15) is 36.4 Å². The first-order chi connectivity index (χ1) is 14.7. The first kappa shape index (κ1) is 19.0. The molecule has 4 aliphatic rings. The van der Waals surface area contributed by atoms with Crippen LogP contribution in [0, 0.1) is 17.2 Å². The minimum Gasteiger partial charge on any atom is -0.493 e.